The average molecular weight is 633 g/mol. The Morgan fingerprint density at radius 2 is 1.73 bits per heavy atom. The maximum atomic E-state index is 14.1. The lowest BCUT2D eigenvalue weighted by molar-refractivity contribution is -0.139. The number of carbonyl (C=O) groups is 1. The summed E-state index contributed by atoms with van der Waals surface area (Å²) in [6.45, 7) is 6.04. The zero-order chi connectivity index (χ0) is 32.1. The van der Waals surface area contributed by atoms with E-state index in [-0.39, 0.29) is 30.2 Å². The van der Waals surface area contributed by atoms with E-state index in [4.69, 9.17) is 23.7 Å². The average Bonchev–Trinajstić information content (AvgIpc) is 3.34. The van der Waals surface area contributed by atoms with Crippen molar-refractivity contribution in [2.24, 2.45) is 4.99 Å². The molecule has 1 unspecified atom stereocenters. The molecule has 3 aromatic carbocycles. The van der Waals surface area contributed by atoms with Gasteiger partial charge in [0.15, 0.2) is 27.8 Å². The molecule has 45 heavy (non-hydrogen) atoms. The van der Waals surface area contributed by atoms with E-state index in [1.54, 1.807) is 56.3 Å². The van der Waals surface area contributed by atoms with E-state index in [0.29, 0.717) is 55.8 Å². The fourth-order valence-electron chi connectivity index (χ4n) is 5.08. The lowest BCUT2D eigenvalue weighted by Crippen LogP contribution is -2.40. The van der Waals surface area contributed by atoms with Crippen LogP contribution in [0.3, 0.4) is 0 Å². The summed E-state index contributed by atoms with van der Waals surface area (Å²) in [4.78, 5) is 32.5. The molecule has 0 spiro atoms. The quantitative estimate of drug-likeness (QED) is 0.216. The summed E-state index contributed by atoms with van der Waals surface area (Å²) in [6, 6.07) is 15.9. The Balaban J connectivity index is 1.59. The van der Waals surface area contributed by atoms with Crippen LogP contribution in [0.2, 0.25) is 0 Å². The molecule has 11 heteroatoms. The third-order valence-corrected chi connectivity index (χ3v) is 8.11. The van der Waals surface area contributed by atoms with Gasteiger partial charge in [-0.25, -0.2) is 14.2 Å². The van der Waals surface area contributed by atoms with Crippen LogP contribution in [0.25, 0.3) is 6.08 Å². The molecular weight excluding hydrogens is 599 g/mol. The van der Waals surface area contributed by atoms with Crippen LogP contribution >= 0.6 is 11.3 Å². The second-order valence-corrected chi connectivity index (χ2v) is 10.9. The Morgan fingerprint density at radius 1 is 0.978 bits per heavy atom. The molecule has 4 aromatic rings. The Morgan fingerprint density at radius 3 is 2.42 bits per heavy atom. The molecule has 1 aliphatic rings. The highest BCUT2D eigenvalue weighted by Gasteiger charge is 2.36. The first-order valence-electron chi connectivity index (χ1n) is 14.3. The minimum Gasteiger partial charge on any atom is -0.493 e. The van der Waals surface area contributed by atoms with Crippen LogP contribution < -0.4 is 33.8 Å². The number of fused-ring (bicyclic) bond motifs is 1. The zero-order valence-electron chi connectivity index (χ0n) is 25.6. The van der Waals surface area contributed by atoms with E-state index in [1.807, 2.05) is 19.1 Å². The molecule has 5 rings (SSSR count). The SMILES string of the molecule is CCOC(=O)C1=C(C)N=c2s/c(=C\c3ccc(OCc4ccc(F)cc4)c(OC)c3)c(=O)n2C1c1cccc(OC)c1OCC. The molecule has 0 N–H and O–H groups in total. The summed E-state index contributed by atoms with van der Waals surface area (Å²) >= 11 is 1.21. The molecule has 1 aromatic heterocycles. The molecule has 0 radical (unpaired) electrons. The van der Waals surface area contributed by atoms with Gasteiger partial charge in [0.1, 0.15) is 18.5 Å². The predicted molar refractivity (Wildman–Crippen MR) is 168 cm³/mol. The maximum absolute atomic E-state index is 14.1. The molecule has 0 saturated heterocycles. The van der Waals surface area contributed by atoms with Crippen molar-refractivity contribution in [3.05, 3.63) is 114 Å². The highest BCUT2D eigenvalue weighted by Crippen LogP contribution is 2.40. The number of carbonyl (C=O) groups excluding carboxylic acids is 1. The maximum Gasteiger partial charge on any atom is 0.338 e. The van der Waals surface area contributed by atoms with E-state index < -0.39 is 12.0 Å². The number of halogens is 1. The van der Waals surface area contributed by atoms with Crippen LogP contribution in [0.5, 0.6) is 23.0 Å². The smallest absolute Gasteiger partial charge is 0.338 e. The number of esters is 1. The summed E-state index contributed by atoms with van der Waals surface area (Å²) in [6.07, 6.45) is 1.74. The van der Waals surface area contributed by atoms with Gasteiger partial charge in [0.05, 0.1) is 43.2 Å². The van der Waals surface area contributed by atoms with Gasteiger partial charge in [-0.1, -0.05) is 41.7 Å². The van der Waals surface area contributed by atoms with Crippen molar-refractivity contribution in [1.82, 2.24) is 4.57 Å². The summed E-state index contributed by atoms with van der Waals surface area (Å²) in [7, 11) is 3.06. The summed E-state index contributed by atoms with van der Waals surface area (Å²) in [5, 5.41) is 0. The molecule has 1 aliphatic heterocycles. The van der Waals surface area contributed by atoms with E-state index in [9.17, 15) is 14.0 Å². The number of ether oxygens (including phenoxy) is 5. The number of hydrogen-bond acceptors (Lipinski definition) is 9. The minimum atomic E-state index is -0.865. The number of nitrogens with zero attached hydrogens (tertiary/aromatic N) is 2. The lowest BCUT2D eigenvalue weighted by atomic mass is 9.94. The highest BCUT2D eigenvalue weighted by atomic mass is 32.1. The first-order valence-corrected chi connectivity index (χ1v) is 15.2. The third-order valence-electron chi connectivity index (χ3n) is 7.12. The normalized spacial score (nSPS) is 14.4. The lowest BCUT2D eigenvalue weighted by Gasteiger charge is -2.26. The van der Waals surface area contributed by atoms with Crippen LogP contribution in [0.4, 0.5) is 4.39 Å². The second kappa shape index (κ2) is 13.8. The van der Waals surface area contributed by atoms with Gasteiger partial charge in [-0.05, 0) is 68.3 Å². The molecule has 0 bridgehead atoms. The minimum absolute atomic E-state index is 0.161. The number of para-hydroxylation sites is 1. The fraction of sp³-hybridized carbons (Fsp3) is 0.265. The molecule has 0 amide bonds. The summed E-state index contributed by atoms with van der Waals surface area (Å²) < 4.78 is 43.6. The topological polar surface area (TPSA) is 97.6 Å². The second-order valence-electron chi connectivity index (χ2n) is 9.94. The highest BCUT2D eigenvalue weighted by molar-refractivity contribution is 7.07. The van der Waals surface area contributed by atoms with Crippen LogP contribution in [0, 0.1) is 5.82 Å². The fourth-order valence-corrected chi connectivity index (χ4v) is 6.13. The van der Waals surface area contributed by atoms with Gasteiger partial charge in [0, 0.05) is 5.56 Å². The standard InChI is InChI=1S/C34H33FN2O7S/c1-6-42-31-24(9-8-10-26(31)40-4)30-29(33(39)43-7-2)20(3)36-34-37(30)32(38)28(45-34)18-22-13-16-25(27(17-22)41-5)44-19-21-11-14-23(35)15-12-21/h8-18,30H,6-7,19H2,1-5H3/b28-18-. The van der Waals surface area contributed by atoms with Gasteiger partial charge >= 0.3 is 5.97 Å². The molecule has 2 heterocycles. The molecule has 0 aliphatic carbocycles. The van der Waals surface area contributed by atoms with Gasteiger partial charge in [-0.3, -0.25) is 9.36 Å². The first kappa shape index (κ1) is 31.5. The molecule has 0 saturated carbocycles. The van der Waals surface area contributed by atoms with Gasteiger partial charge in [0.25, 0.3) is 5.56 Å². The Labute approximate surface area is 263 Å². The van der Waals surface area contributed by atoms with Gasteiger partial charge in [-0.2, -0.15) is 0 Å². The van der Waals surface area contributed by atoms with Crippen molar-refractivity contribution < 1.29 is 32.9 Å². The Kier molecular flexibility index (Phi) is 9.68. The van der Waals surface area contributed by atoms with Gasteiger partial charge < -0.3 is 23.7 Å². The number of hydrogen-bond donors (Lipinski definition) is 0. The predicted octanol–water partition coefficient (Wildman–Crippen LogP) is 4.93. The van der Waals surface area contributed by atoms with Crippen molar-refractivity contribution in [2.45, 2.75) is 33.4 Å². The van der Waals surface area contributed by atoms with Crippen LogP contribution in [0.15, 0.2) is 81.7 Å². The first-order chi connectivity index (χ1) is 21.8. The summed E-state index contributed by atoms with van der Waals surface area (Å²) in [5.74, 6) is 0.987. The molecule has 0 fully saturated rings. The number of methoxy groups -OCH3 is 2. The largest absolute Gasteiger partial charge is 0.493 e. The number of aromatic nitrogens is 1. The van der Waals surface area contributed by atoms with Crippen molar-refractivity contribution in [1.29, 1.82) is 0 Å². The van der Waals surface area contributed by atoms with Gasteiger partial charge in [-0.15, -0.1) is 0 Å². The molecule has 234 valence electrons. The zero-order valence-corrected chi connectivity index (χ0v) is 26.4. The third kappa shape index (κ3) is 6.48. The number of allylic oxidation sites excluding steroid dienone is 1. The van der Waals surface area contributed by atoms with E-state index >= 15 is 0 Å². The Bertz CT molecular complexity index is 1930. The molecular formula is C34H33FN2O7S. The van der Waals surface area contributed by atoms with Crippen LogP contribution in [-0.4, -0.2) is 38.0 Å². The molecule has 9 nitrogen and oxygen atoms in total. The molecule has 1 atom stereocenters. The van der Waals surface area contributed by atoms with E-state index in [2.05, 4.69) is 4.99 Å². The number of rotatable bonds is 11. The van der Waals surface area contributed by atoms with E-state index in [1.165, 1.54) is 42.3 Å². The summed E-state index contributed by atoms with van der Waals surface area (Å²) in [5.41, 5.74) is 2.43. The van der Waals surface area contributed by atoms with Crippen molar-refractivity contribution in [3.63, 3.8) is 0 Å². The van der Waals surface area contributed by atoms with Crippen LogP contribution in [0.1, 0.15) is 43.5 Å². The van der Waals surface area contributed by atoms with Crippen molar-refractivity contribution in [3.8, 4) is 23.0 Å². The number of benzene rings is 3. The van der Waals surface area contributed by atoms with Crippen molar-refractivity contribution in [2.75, 3.05) is 27.4 Å². The number of thiazole rings is 1. The van der Waals surface area contributed by atoms with Gasteiger partial charge in [0.2, 0.25) is 0 Å². The Hall–Kier alpha value is -4.90. The van der Waals surface area contributed by atoms with Crippen LogP contribution in [-0.2, 0) is 16.1 Å². The monoisotopic (exact) mass is 632 g/mol. The van der Waals surface area contributed by atoms with E-state index in [0.717, 1.165) is 5.56 Å². The van der Waals surface area contributed by atoms with Crippen molar-refractivity contribution >= 4 is 23.4 Å².